The Bertz CT molecular complexity index is 356. The largest absolute Gasteiger partial charge is 0.311 e. The Morgan fingerprint density at radius 3 is 0.679 bits per heavy atom. The lowest BCUT2D eigenvalue weighted by atomic mass is 10.2. The number of carbonyl (C=O) groups is 1. The molecule has 0 spiro atoms. The second kappa shape index (κ2) is 12.1. The second-order valence-corrected chi connectivity index (χ2v) is 21.5. The topological polar surface area (TPSA) is 17.1 Å². The van der Waals surface area contributed by atoms with Crippen LogP contribution in [0, 0.1) is 35.5 Å². The van der Waals surface area contributed by atoms with Crippen molar-refractivity contribution in [3.8, 4) is 0 Å². The van der Waals surface area contributed by atoms with Gasteiger partial charge in [0.05, 0.1) is 5.03 Å². The Labute approximate surface area is 180 Å². The number of rotatable bonds is 14. The van der Waals surface area contributed by atoms with Crippen LogP contribution in [0.3, 0.4) is 0 Å². The Morgan fingerprint density at radius 2 is 0.571 bits per heavy atom. The van der Waals surface area contributed by atoms with Crippen LogP contribution >= 0.6 is 0 Å². The van der Waals surface area contributed by atoms with Gasteiger partial charge in [0.1, 0.15) is 16.1 Å². The normalized spacial score (nSPS) is 13.8. The summed E-state index contributed by atoms with van der Waals surface area (Å²) in [5, 5.41) is 0.896. The molecule has 0 aliphatic rings. The highest BCUT2D eigenvalue weighted by Crippen LogP contribution is 2.42. The lowest BCUT2D eigenvalue weighted by molar-refractivity contribution is 0.270. The minimum Gasteiger partial charge on any atom is -0.311 e. The first-order chi connectivity index (χ1) is 12.7. The predicted molar refractivity (Wildman–Crippen MR) is 135 cm³/mol. The van der Waals surface area contributed by atoms with Crippen molar-refractivity contribution < 1.29 is 4.79 Å². The van der Waals surface area contributed by atoms with Gasteiger partial charge in [-0.2, -0.15) is 0 Å². The van der Waals surface area contributed by atoms with Crippen molar-refractivity contribution in [3.63, 3.8) is 0 Å². The number of carbonyl (C=O) groups excluding carboxylic acids is 1. The molecule has 0 aliphatic heterocycles. The van der Waals surface area contributed by atoms with E-state index in [0.29, 0.717) is 35.5 Å². The van der Waals surface area contributed by atoms with Gasteiger partial charge in [0.15, 0.2) is 0 Å². The summed E-state index contributed by atoms with van der Waals surface area (Å²) in [7, 11) is -4.00. The molecule has 0 aliphatic carbocycles. The first-order valence-corrected chi connectivity index (χ1v) is 17.4. The van der Waals surface area contributed by atoms with Crippen molar-refractivity contribution in [2.45, 2.75) is 119 Å². The maximum Gasteiger partial charge on any atom is 0.127 e. The molecule has 0 aromatic carbocycles. The lowest BCUT2D eigenvalue weighted by Crippen LogP contribution is -2.61. The number of hydrogen-bond acceptors (Lipinski definition) is 1. The summed E-state index contributed by atoms with van der Waals surface area (Å²) in [6.45, 7) is 28.2. The van der Waals surface area contributed by atoms with E-state index in [1.807, 2.05) is 0 Å². The lowest BCUT2D eigenvalue weighted by Gasteiger charge is -2.45. The molecule has 28 heavy (non-hydrogen) atoms. The van der Waals surface area contributed by atoms with E-state index in [1.165, 1.54) is 36.3 Å². The second-order valence-electron chi connectivity index (χ2n) is 12.5. The average Bonchev–Trinajstić information content (AvgIpc) is 2.41. The zero-order valence-corrected chi connectivity index (χ0v) is 23.6. The summed E-state index contributed by atoms with van der Waals surface area (Å²) >= 11 is 0. The van der Waals surface area contributed by atoms with Gasteiger partial charge in [0.2, 0.25) is 0 Å². The van der Waals surface area contributed by atoms with Crippen LogP contribution in [0.4, 0.5) is 4.79 Å². The fourth-order valence-electron chi connectivity index (χ4n) is 6.31. The molecule has 3 heteroatoms. The summed E-state index contributed by atoms with van der Waals surface area (Å²) in [5.41, 5.74) is 0. The van der Waals surface area contributed by atoms with Crippen molar-refractivity contribution in [1.29, 1.82) is 0 Å². The maximum absolute atomic E-state index is 14.8. The van der Waals surface area contributed by atoms with E-state index < -0.39 is 16.1 Å². The van der Waals surface area contributed by atoms with Crippen molar-refractivity contribution in [1.82, 2.24) is 0 Å². The summed E-state index contributed by atoms with van der Waals surface area (Å²) in [4.78, 5) is 14.8. The first-order valence-electron chi connectivity index (χ1n) is 12.2. The monoisotopic (exact) mass is 426 g/mol. The molecule has 0 aromatic heterocycles. The molecule has 0 radical (unpaired) electrons. The van der Waals surface area contributed by atoms with Crippen LogP contribution in [0.2, 0.25) is 36.3 Å². The fourth-order valence-corrected chi connectivity index (χ4v) is 24.1. The van der Waals surface area contributed by atoms with Gasteiger partial charge in [0, 0.05) is 0 Å². The van der Waals surface area contributed by atoms with Gasteiger partial charge >= 0.3 is 0 Å². The third-order valence-corrected chi connectivity index (χ3v) is 20.5. The van der Waals surface area contributed by atoms with E-state index in [4.69, 9.17) is 0 Å². The molecule has 0 N–H and O–H groups in total. The molecule has 0 bridgehead atoms. The van der Waals surface area contributed by atoms with E-state index in [9.17, 15) is 4.79 Å². The van der Waals surface area contributed by atoms with E-state index >= 15 is 0 Å². The highest BCUT2D eigenvalue weighted by molar-refractivity contribution is 7.33. The molecule has 168 valence electrons. The summed E-state index contributed by atoms with van der Waals surface area (Å²) in [6.07, 6.45) is 0. The molecular formula is C25H54OSi2. The van der Waals surface area contributed by atoms with Gasteiger partial charge in [0.25, 0.3) is 0 Å². The summed E-state index contributed by atoms with van der Waals surface area (Å²) in [5.74, 6) is 3.82. The third kappa shape index (κ3) is 9.28. The Balaban J connectivity index is 6.54. The molecule has 0 heterocycles. The van der Waals surface area contributed by atoms with Gasteiger partial charge in [-0.25, -0.2) is 0 Å². The Morgan fingerprint density at radius 1 is 0.429 bits per heavy atom. The molecular weight excluding hydrogens is 372 g/mol. The highest BCUT2D eigenvalue weighted by Gasteiger charge is 2.53. The van der Waals surface area contributed by atoms with Crippen LogP contribution in [-0.2, 0) is 0 Å². The van der Waals surface area contributed by atoms with Crippen molar-refractivity contribution in [2.75, 3.05) is 0 Å². The fraction of sp³-hybridized carbons (Fsp3) is 0.960. The average molecular weight is 427 g/mol. The van der Waals surface area contributed by atoms with Gasteiger partial charge in [-0.15, -0.1) is 0 Å². The van der Waals surface area contributed by atoms with Crippen LogP contribution < -0.4 is 0 Å². The third-order valence-electron chi connectivity index (χ3n) is 5.76. The van der Waals surface area contributed by atoms with Crippen LogP contribution in [0.1, 0.15) is 83.1 Å². The molecule has 0 aromatic rings. The minimum absolute atomic E-state index is 0.636. The van der Waals surface area contributed by atoms with E-state index in [2.05, 4.69) is 83.1 Å². The molecule has 0 saturated carbocycles. The summed E-state index contributed by atoms with van der Waals surface area (Å²) in [6, 6.07) is 7.28. The molecule has 0 fully saturated rings. The van der Waals surface area contributed by atoms with E-state index in [-0.39, 0.29) is 0 Å². The van der Waals surface area contributed by atoms with Crippen molar-refractivity contribution in [3.05, 3.63) is 0 Å². The Hall–Kier alpha value is 0.104. The van der Waals surface area contributed by atoms with Gasteiger partial charge < -0.3 is 4.79 Å². The van der Waals surface area contributed by atoms with Crippen molar-refractivity contribution in [2.24, 2.45) is 35.5 Å². The molecule has 0 unspecified atom stereocenters. The smallest absolute Gasteiger partial charge is 0.127 e. The molecule has 1 nitrogen and oxygen atoms in total. The van der Waals surface area contributed by atoms with Gasteiger partial charge in [-0.1, -0.05) is 83.1 Å². The minimum atomic E-state index is -2.00. The molecule has 0 saturated heterocycles. The molecule has 0 amide bonds. The molecule has 0 atom stereocenters. The standard InChI is InChI=1S/C25H54OSi2/c1-19(2)13-27(14-20(3)4,15-21(5)6)25(26)28(16-22(7)8,17-23(9)10)18-24(11)12/h19-24H,13-18H2,1-12H3. The quantitative estimate of drug-likeness (QED) is 0.253. The first kappa shape index (κ1) is 28.1. The van der Waals surface area contributed by atoms with Gasteiger partial charge in [-0.3, -0.25) is 0 Å². The van der Waals surface area contributed by atoms with E-state index in [1.54, 1.807) is 0 Å². The molecule has 0 rings (SSSR count). The van der Waals surface area contributed by atoms with Gasteiger partial charge in [-0.05, 0) is 71.8 Å². The maximum atomic E-state index is 14.8. The summed E-state index contributed by atoms with van der Waals surface area (Å²) < 4.78 is 0. The number of hydrogen-bond donors (Lipinski definition) is 0. The predicted octanol–water partition coefficient (Wildman–Crippen LogP) is 9.10. The highest BCUT2D eigenvalue weighted by atomic mass is 28.4. The van der Waals surface area contributed by atoms with Crippen LogP contribution in [0.25, 0.3) is 0 Å². The SMILES string of the molecule is CC(C)C[Si](CC(C)C)(CC(C)C)C(=O)[Si](CC(C)C)(CC(C)C)CC(C)C. The zero-order valence-electron chi connectivity index (χ0n) is 21.6. The van der Waals surface area contributed by atoms with E-state index in [0.717, 1.165) is 5.03 Å². The van der Waals surface area contributed by atoms with Crippen molar-refractivity contribution >= 4 is 21.2 Å². The van der Waals surface area contributed by atoms with Crippen LogP contribution in [0.15, 0.2) is 0 Å². The Kier molecular flexibility index (Phi) is 12.1. The van der Waals surface area contributed by atoms with Crippen LogP contribution in [0.5, 0.6) is 0 Å². The van der Waals surface area contributed by atoms with Crippen LogP contribution in [-0.4, -0.2) is 21.2 Å². The zero-order chi connectivity index (χ0) is 22.3.